The summed E-state index contributed by atoms with van der Waals surface area (Å²) in [6.45, 7) is 2.62. The summed E-state index contributed by atoms with van der Waals surface area (Å²) in [5.41, 5.74) is 0. The molecule has 14 nitrogen and oxygen atoms in total. The summed E-state index contributed by atoms with van der Waals surface area (Å²) in [5.74, 6) is -0.259. The van der Waals surface area contributed by atoms with Crippen LogP contribution in [-0.2, 0) is 23.7 Å². The van der Waals surface area contributed by atoms with Crippen LogP contribution in [0.15, 0.2) is 109 Å². The number of carbonyl (C=O) groups is 1. The molecule has 14 heteroatoms. The normalized spacial score (nSPS) is 25.2. The third-order valence-corrected chi connectivity index (χ3v) is 14.2. The zero-order chi connectivity index (χ0) is 57.4. The van der Waals surface area contributed by atoms with Crippen molar-refractivity contribution in [2.75, 3.05) is 19.8 Å². The second-order valence-corrected chi connectivity index (χ2v) is 21.1. The van der Waals surface area contributed by atoms with Gasteiger partial charge in [-0.05, 0) is 89.9 Å². The van der Waals surface area contributed by atoms with Gasteiger partial charge in [0.1, 0.15) is 48.8 Å². The lowest BCUT2D eigenvalue weighted by Crippen LogP contribution is -2.65. The number of amides is 1. The number of aliphatic hydroxyl groups excluding tert-OH is 8. The van der Waals surface area contributed by atoms with Crippen LogP contribution in [0.1, 0.15) is 200 Å². The number of unbranched alkanes of at least 4 members (excludes halogenated alkanes) is 18. The van der Waals surface area contributed by atoms with E-state index in [9.17, 15) is 45.6 Å². The lowest BCUT2D eigenvalue weighted by atomic mass is 9.97. The van der Waals surface area contributed by atoms with Gasteiger partial charge < -0.3 is 65.1 Å². The lowest BCUT2D eigenvalue weighted by molar-refractivity contribution is -0.359. The quantitative estimate of drug-likeness (QED) is 0.0204. The summed E-state index contributed by atoms with van der Waals surface area (Å²) in [6, 6.07) is -0.939. The summed E-state index contributed by atoms with van der Waals surface area (Å²) in [5, 5.41) is 86.9. The van der Waals surface area contributed by atoms with Gasteiger partial charge in [0.05, 0.1) is 32.0 Å². The molecule has 0 spiro atoms. The minimum absolute atomic E-state index is 0.259. The monoisotopic (exact) mass is 1110 g/mol. The van der Waals surface area contributed by atoms with Gasteiger partial charge in [0.25, 0.3) is 0 Å². The van der Waals surface area contributed by atoms with E-state index in [1.54, 1.807) is 6.08 Å². The van der Waals surface area contributed by atoms with Crippen LogP contribution in [0.25, 0.3) is 0 Å². The molecule has 2 aliphatic heterocycles. The molecule has 2 aliphatic rings. The van der Waals surface area contributed by atoms with E-state index >= 15 is 0 Å². The molecule has 0 radical (unpaired) electrons. The van der Waals surface area contributed by atoms with Gasteiger partial charge in [-0.25, -0.2) is 0 Å². The Bertz CT molecular complexity index is 1740. The van der Waals surface area contributed by atoms with Crippen molar-refractivity contribution < 1.29 is 64.6 Å². The highest BCUT2D eigenvalue weighted by atomic mass is 16.7. The fraction of sp³-hybridized carbons (Fsp3) is 0.708. The van der Waals surface area contributed by atoms with Gasteiger partial charge in [-0.3, -0.25) is 4.79 Å². The molecule has 12 unspecified atom stereocenters. The molecule has 2 rings (SSSR count). The maximum atomic E-state index is 13.2. The first-order chi connectivity index (χ1) is 38.6. The zero-order valence-corrected chi connectivity index (χ0v) is 48.6. The van der Waals surface area contributed by atoms with Crippen LogP contribution in [0.2, 0.25) is 0 Å². The fourth-order valence-corrected chi connectivity index (χ4v) is 9.29. The van der Waals surface area contributed by atoms with Crippen molar-refractivity contribution in [3.8, 4) is 0 Å². The van der Waals surface area contributed by atoms with Gasteiger partial charge in [-0.2, -0.15) is 0 Å². The van der Waals surface area contributed by atoms with Crippen molar-refractivity contribution in [3.63, 3.8) is 0 Å². The lowest BCUT2D eigenvalue weighted by Gasteiger charge is -2.46. The molecule has 2 saturated heterocycles. The molecule has 0 aliphatic carbocycles. The molecule has 0 saturated carbocycles. The molecule has 79 heavy (non-hydrogen) atoms. The van der Waals surface area contributed by atoms with E-state index in [2.05, 4.69) is 116 Å². The van der Waals surface area contributed by atoms with Gasteiger partial charge in [0, 0.05) is 6.42 Å². The van der Waals surface area contributed by atoms with Crippen molar-refractivity contribution in [1.82, 2.24) is 5.32 Å². The second kappa shape index (κ2) is 49.3. The third kappa shape index (κ3) is 34.6. The van der Waals surface area contributed by atoms with Crippen molar-refractivity contribution in [3.05, 3.63) is 109 Å². The van der Waals surface area contributed by atoms with Crippen LogP contribution in [0.5, 0.6) is 0 Å². The number of hydrogen-bond acceptors (Lipinski definition) is 13. The minimum Gasteiger partial charge on any atom is -0.394 e. The fourth-order valence-electron chi connectivity index (χ4n) is 9.29. The van der Waals surface area contributed by atoms with Gasteiger partial charge in [-0.1, -0.05) is 213 Å². The molecule has 0 aromatic rings. The molecule has 452 valence electrons. The van der Waals surface area contributed by atoms with Crippen molar-refractivity contribution >= 4 is 5.91 Å². The summed E-state index contributed by atoms with van der Waals surface area (Å²) >= 11 is 0. The maximum Gasteiger partial charge on any atom is 0.220 e. The number of ether oxygens (including phenoxy) is 4. The highest BCUT2D eigenvalue weighted by Gasteiger charge is 2.51. The van der Waals surface area contributed by atoms with Crippen molar-refractivity contribution in [1.29, 1.82) is 0 Å². The highest BCUT2D eigenvalue weighted by Crippen LogP contribution is 2.30. The van der Waals surface area contributed by atoms with E-state index in [1.807, 2.05) is 6.08 Å². The molecule has 0 aromatic carbocycles. The van der Waals surface area contributed by atoms with Crippen LogP contribution in [0.4, 0.5) is 0 Å². The number of allylic oxidation sites excluding steroid dienone is 17. The summed E-state index contributed by atoms with van der Waals surface area (Å²) in [6.07, 6.45) is 52.8. The summed E-state index contributed by atoms with van der Waals surface area (Å²) in [4.78, 5) is 13.2. The topological polar surface area (TPSA) is 228 Å². The first kappa shape index (κ1) is 71.8. The third-order valence-electron chi connectivity index (χ3n) is 14.2. The number of hydrogen-bond donors (Lipinski definition) is 9. The highest BCUT2D eigenvalue weighted by molar-refractivity contribution is 5.76. The molecule has 0 aromatic heterocycles. The summed E-state index contributed by atoms with van der Waals surface area (Å²) in [7, 11) is 0. The maximum absolute atomic E-state index is 13.2. The van der Waals surface area contributed by atoms with Crippen LogP contribution in [-0.4, -0.2) is 140 Å². The van der Waals surface area contributed by atoms with Crippen LogP contribution >= 0.6 is 0 Å². The molecule has 9 N–H and O–H groups in total. The van der Waals surface area contributed by atoms with E-state index in [0.717, 1.165) is 83.5 Å². The van der Waals surface area contributed by atoms with E-state index in [4.69, 9.17) is 18.9 Å². The van der Waals surface area contributed by atoms with Gasteiger partial charge >= 0.3 is 0 Å². The van der Waals surface area contributed by atoms with Gasteiger partial charge in [0.2, 0.25) is 5.91 Å². The molecule has 12 atom stereocenters. The Kier molecular flexibility index (Phi) is 44.8. The molecular formula is C65H109NO13. The van der Waals surface area contributed by atoms with Crippen LogP contribution in [0, 0.1) is 0 Å². The Hall–Kier alpha value is -3.35. The van der Waals surface area contributed by atoms with Crippen LogP contribution in [0.3, 0.4) is 0 Å². The first-order valence-electron chi connectivity index (χ1n) is 30.6. The Morgan fingerprint density at radius 1 is 0.468 bits per heavy atom. The number of rotatable bonds is 47. The van der Waals surface area contributed by atoms with Crippen LogP contribution < -0.4 is 5.32 Å². The van der Waals surface area contributed by atoms with E-state index in [1.165, 1.54) is 83.5 Å². The first-order valence-corrected chi connectivity index (χ1v) is 30.6. The Morgan fingerprint density at radius 3 is 1.39 bits per heavy atom. The Balaban J connectivity index is 1.67. The zero-order valence-electron chi connectivity index (χ0n) is 48.6. The average molecular weight is 1110 g/mol. The number of nitrogens with one attached hydrogen (secondary N) is 1. The number of carbonyl (C=O) groups excluding carboxylic acids is 1. The van der Waals surface area contributed by atoms with E-state index in [0.29, 0.717) is 12.8 Å². The Morgan fingerprint density at radius 2 is 0.886 bits per heavy atom. The van der Waals surface area contributed by atoms with E-state index < -0.39 is 86.8 Å². The average Bonchev–Trinajstić information content (AvgIpc) is 3.49. The predicted octanol–water partition coefficient (Wildman–Crippen LogP) is 10.8. The molecule has 2 fully saturated rings. The van der Waals surface area contributed by atoms with Gasteiger partial charge in [-0.15, -0.1) is 0 Å². The second-order valence-electron chi connectivity index (χ2n) is 21.1. The Labute approximate surface area is 476 Å². The van der Waals surface area contributed by atoms with E-state index in [-0.39, 0.29) is 18.9 Å². The van der Waals surface area contributed by atoms with Crippen molar-refractivity contribution in [2.24, 2.45) is 0 Å². The van der Waals surface area contributed by atoms with Crippen molar-refractivity contribution in [2.45, 2.75) is 274 Å². The largest absolute Gasteiger partial charge is 0.394 e. The molecular weight excluding hydrogens is 1000 g/mol. The predicted molar refractivity (Wildman–Crippen MR) is 318 cm³/mol. The minimum atomic E-state index is -1.80. The molecule has 0 bridgehead atoms. The molecule has 2 heterocycles. The smallest absolute Gasteiger partial charge is 0.220 e. The standard InChI is InChI=1S/C65H109NO13/c1-3-5-7-9-11-13-15-17-18-19-20-21-22-23-24-25-26-27-28-29-30-31-32-33-34-35-36-37-39-41-43-45-47-49-57(70)66-53(54(69)48-46-44-42-40-38-16-14-12-10-8-6-4-2)52-76-64-62(75)60(73)63(56(51-68)78-64)79-65-61(74)59(72)58(71)55(50-67)77-65/h5,7,11,13,17-18,20-21,23-24,26-27,29-30,38,40,46,48,53-56,58-65,67-69,71-75H,3-4,6,8-10,12,14-16,19,22,25,28,31-37,39,41-45,47,49-52H2,1-2H3,(H,66,70)/b7-5-,13-11-,18-17-,21-20-,24-23-,27-26-,30-29-,40-38+,48-46+. The number of aliphatic hydroxyl groups is 8. The summed E-state index contributed by atoms with van der Waals surface area (Å²) < 4.78 is 22.7. The molecule has 1 amide bonds. The SMILES string of the molecule is CC/C=C\C/C=C\C/C=C\C/C=C\C/C=C\C/C=C\C/C=C\CCCCCCCCCCCCCC(=O)NC(COC1OC(CO)C(OC2OC(CO)C(O)C(O)C2O)C(O)C1O)C(O)/C=C/CC/C=C/CCCCCCCC. The van der Waals surface area contributed by atoms with Gasteiger partial charge in [0.15, 0.2) is 12.6 Å².